The van der Waals surface area contributed by atoms with Gasteiger partial charge in [-0.15, -0.1) is 0 Å². The van der Waals surface area contributed by atoms with E-state index in [1.807, 2.05) is 6.92 Å². The third-order valence-electron chi connectivity index (χ3n) is 6.99. The summed E-state index contributed by atoms with van der Waals surface area (Å²) in [5, 5.41) is 0. The topological polar surface area (TPSA) is 63.7 Å². The highest BCUT2D eigenvalue weighted by Crippen LogP contribution is 2.40. The molecule has 2 aromatic rings. The van der Waals surface area contributed by atoms with Crippen molar-refractivity contribution in [2.75, 3.05) is 19.6 Å². The molecule has 0 aromatic heterocycles. The summed E-state index contributed by atoms with van der Waals surface area (Å²) in [6.45, 7) is 8.65. The van der Waals surface area contributed by atoms with Gasteiger partial charge >= 0.3 is 18.1 Å². The van der Waals surface area contributed by atoms with Crippen molar-refractivity contribution in [1.82, 2.24) is 4.90 Å². The Labute approximate surface area is 226 Å². The third kappa shape index (κ3) is 6.80. The van der Waals surface area contributed by atoms with Crippen LogP contribution in [0.2, 0.25) is 0 Å². The van der Waals surface area contributed by atoms with Gasteiger partial charge < -0.3 is 9.64 Å². The van der Waals surface area contributed by atoms with Crippen molar-refractivity contribution in [2.45, 2.75) is 80.7 Å². The number of esters is 1. The molecule has 0 aliphatic carbocycles. The number of sulfone groups is 1. The number of hydrogen-bond acceptors (Lipinski definition) is 5. The summed E-state index contributed by atoms with van der Waals surface area (Å²) < 4.78 is 95.3. The van der Waals surface area contributed by atoms with Gasteiger partial charge in [-0.25, -0.2) is 8.42 Å². The molecule has 0 amide bonds. The van der Waals surface area contributed by atoms with Crippen molar-refractivity contribution in [3.05, 3.63) is 54.1 Å². The smallest absolute Gasteiger partial charge is 0.453 e. The first-order chi connectivity index (χ1) is 17.9. The number of rotatable bonds is 8. The van der Waals surface area contributed by atoms with Crippen LogP contribution in [-0.4, -0.2) is 61.4 Å². The van der Waals surface area contributed by atoms with E-state index in [0.717, 1.165) is 6.54 Å². The molecule has 216 valence electrons. The van der Waals surface area contributed by atoms with Crippen LogP contribution in [-0.2, 0) is 25.8 Å². The Morgan fingerprint density at radius 1 is 0.897 bits per heavy atom. The molecule has 11 heteroatoms. The molecule has 1 aliphatic rings. The van der Waals surface area contributed by atoms with Crippen LogP contribution in [0.4, 0.5) is 22.0 Å². The Morgan fingerprint density at radius 3 is 1.82 bits per heavy atom. The maximum Gasteiger partial charge on any atom is 0.453 e. The summed E-state index contributed by atoms with van der Waals surface area (Å²) in [6.07, 6.45) is -7.18. The summed E-state index contributed by atoms with van der Waals surface area (Å²) in [5.41, 5.74) is 0.705. The van der Waals surface area contributed by atoms with Gasteiger partial charge in [0.15, 0.2) is 14.6 Å². The molecular formula is C28H34F5NO4S. The Balaban J connectivity index is 1.83. The van der Waals surface area contributed by atoms with Gasteiger partial charge in [0.25, 0.3) is 0 Å². The average Bonchev–Trinajstić information content (AvgIpc) is 2.86. The fourth-order valence-electron chi connectivity index (χ4n) is 4.54. The van der Waals surface area contributed by atoms with E-state index >= 15 is 0 Å². The van der Waals surface area contributed by atoms with Crippen molar-refractivity contribution in [3.8, 4) is 11.1 Å². The third-order valence-corrected chi connectivity index (χ3v) is 9.49. The first-order valence-electron chi connectivity index (χ1n) is 12.8. The van der Waals surface area contributed by atoms with Crippen molar-refractivity contribution >= 4 is 15.8 Å². The zero-order valence-electron chi connectivity index (χ0n) is 22.4. The second-order valence-electron chi connectivity index (χ2n) is 10.9. The molecular weight excluding hydrogens is 541 g/mol. The molecule has 1 heterocycles. The second kappa shape index (κ2) is 11.2. The highest BCUT2D eigenvalue weighted by atomic mass is 32.2. The average molecular weight is 576 g/mol. The van der Waals surface area contributed by atoms with Crippen molar-refractivity contribution in [2.24, 2.45) is 0 Å². The number of carbonyl (C=O) groups excluding carboxylic acids is 1. The van der Waals surface area contributed by atoms with E-state index in [1.165, 1.54) is 24.3 Å². The standard InChI is InChI=1S/C28H34F5NO4S/c1-5-34-18-16-26(17-19-34,24(35)38-25(2,3)4)39(36,37)23-12-10-22(11-13-23)21-8-6-20(7-9-21)14-15-27(29,30)28(31,32)33/h6-13H,5,14-19H2,1-4H3. The number of carbonyl (C=O) groups is 1. The highest BCUT2D eigenvalue weighted by molar-refractivity contribution is 7.93. The molecule has 0 saturated carbocycles. The Hall–Kier alpha value is -2.53. The molecule has 0 spiro atoms. The lowest BCUT2D eigenvalue weighted by atomic mass is 9.95. The van der Waals surface area contributed by atoms with Crippen LogP contribution >= 0.6 is 0 Å². The van der Waals surface area contributed by atoms with E-state index in [2.05, 4.69) is 4.90 Å². The molecule has 2 aromatic carbocycles. The van der Waals surface area contributed by atoms with Gasteiger partial charge in [0, 0.05) is 19.5 Å². The van der Waals surface area contributed by atoms with E-state index < -0.39 is 51.1 Å². The van der Waals surface area contributed by atoms with Crippen molar-refractivity contribution in [3.63, 3.8) is 0 Å². The molecule has 3 rings (SSSR count). The SMILES string of the molecule is CCN1CCC(C(=O)OC(C)(C)C)(S(=O)(=O)c2ccc(-c3ccc(CCC(F)(F)C(F)(F)F)cc3)cc2)CC1. The molecule has 1 saturated heterocycles. The minimum absolute atomic E-state index is 0.0203. The van der Waals surface area contributed by atoms with Gasteiger partial charge in [-0.1, -0.05) is 43.3 Å². The van der Waals surface area contributed by atoms with Gasteiger partial charge in [0.2, 0.25) is 0 Å². The van der Waals surface area contributed by atoms with E-state index in [-0.39, 0.29) is 17.7 Å². The van der Waals surface area contributed by atoms with Crippen molar-refractivity contribution < 1.29 is 39.9 Å². The summed E-state index contributed by atoms with van der Waals surface area (Å²) in [6, 6.07) is 12.1. The van der Waals surface area contributed by atoms with Crippen LogP contribution in [0, 0.1) is 0 Å². The first-order valence-corrected chi connectivity index (χ1v) is 14.2. The van der Waals surface area contributed by atoms with Gasteiger partial charge in [0.1, 0.15) is 5.60 Å². The molecule has 0 atom stereocenters. The number of piperidine rings is 1. The first kappa shape index (κ1) is 31.0. The quantitative estimate of drug-likeness (QED) is 0.267. The lowest BCUT2D eigenvalue weighted by Gasteiger charge is -2.40. The molecule has 0 bridgehead atoms. The molecule has 1 aliphatic heterocycles. The highest BCUT2D eigenvalue weighted by Gasteiger charge is 2.57. The number of likely N-dealkylation sites (tertiary alicyclic amines) is 1. The van der Waals surface area contributed by atoms with E-state index in [4.69, 9.17) is 4.74 Å². The lowest BCUT2D eigenvalue weighted by Crippen LogP contribution is -2.56. The predicted octanol–water partition coefficient (Wildman–Crippen LogP) is 6.45. The molecule has 0 N–H and O–H groups in total. The minimum Gasteiger partial charge on any atom is -0.459 e. The number of aryl methyl sites for hydroxylation is 1. The normalized spacial score (nSPS) is 17.2. The van der Waals surface area contributed by atoms with Crippen LogP contribution in [0.3, 0.4) is 0 Å². The van der Waals surface area contributed by atoms with Crippen LogP contribution in [0.5, 0.6) is 0 Å². The summed E-state index contributed by atoms with van der Waals surface area (Å²) >= 11 is 0. The second-order valence-corrected chi connectivity index (χ2v) is 13.1. The molecule has 0 unspecified atom stereocenters. The van der Waals surface area contributed by atoms with Crippen LogP contribution in [0.15, 0.2) is 53.4 Å². The van der Waals surface area contributed by atoms with Crippen molar-refractivity contribution in [1.29, 1.82) is 0 Å². The van der Waals surface area contributed by atoms with Gasteiger partial charge in [-0.05, 0) is 75.4 Å². The van der Waals surface area contributed by atoms with Crippen LogP contribution in [0.25, 0.3) is 11.1 Å². The zero-order valence-corrected chi connectivity index (χ0v) is 23.3. The van der Waals surface area contributed by atoms with Gasteiger partial charge in [-0.3, -0.25) is 4.79 Å². The number of hydrogen-bond donors (Lipinski definition) is 0. The fourth-order valence-corrected chi connectivity index (χ4v) is 6.47. The minimum atomic E-state index is -5.59. The maximum atomic E-state index is 13.9. The summed E-state index contributed by atoms with van der Waals surface area (Å²) in [4.78, 5) is 15.4. The van der Waals surface area contributed by atoms with E-state index in [1.54, 1.807) is 45.0 Å². The summed E-state index contributed by atoms with van der Waals surface area (Å²) in [5.74, 6) is -5.53. The molecule has 39 heavy (non-hydrogen) atoms. The maximum absolute atomic E-state index is 13.9. The van der Waals surface area contributed by atoms with E-state index in [0.29, 0.717) is 29.8 Å². The Bertz CT molecular complexity index is 1240. The van der Waals surface area contributed by atoms with Gasteiger partial charge in [-0.2, -0.15) is 22.0 Å². The van der Waals surface area contributed by atoms with Crippen LogP contribution < -0.4 is 0 Å². The van der Waals surface area contributed by atoms with E-state index in [9.17, 15) is 35.2 Å². The zero-order chi connectivity index (χ0) is 29.3. The predicted molar refractivity (Wildman–Crippen MR) is 138 cm³/mol. The fraction of sp³-hybridized carbons (Fsp3) is 0.536. The Kier molecular flexibility index (Phi) is 8.87. The number of nitrogens with zero attached hydrogens (tertiary/aromatic N) is 1. The lowest BCUT2D eigenvalue weighted by molar-refractivity contribution is -0.284. The number of alkyl halides is 5. The Morgan fingerprint density at radius 2 is 1.38 bits per heavy atom. The van der Waals surface area contributed by atoms with Crippen LogP contribution in [0.1, 0.15) is 52.5 Å². The monoisotopic (exact) mass is 575 g/mol. The number of ether oxygens (including phenoxy) is 1. The molecule has 1 fully saturated rings. The summed E-state index contributed by atoms with van der Waals surface area (Å²) in [7, 11) is -4.13. The van der Waals surface area contributed by atoms with Gasteiger partial charge in [0.05, 0.1) is 4.90 Å². The number of halogens is 5. The molecule has 0 radical (unpaired) electrons. The largest absolute Gasteiger partial charge is 0.459 e. The molecule has 5 nitrogen and oxygen atoms in total. The number of benzene rings is 2.